The molecule has 0 heterocycles. The van der Waals surface area contributed by atoms with E-state index in [1.807, 2.05) is 6.92 Å². The molecule has 8 nitrogen and oxygen atoms in total. The Kier molecular flexibility index (Phi) is 13.4. The van der Waals surface area contributed by atoms with Gasteiger partial charge in [0.1, 0.15) is 0 Å². The van der Waals surface area contributed by atoms with Crippen molar-refractivity contribution in [3.05, 3.63) is 24.8 Å². The fourth-order valence-corrected chi connectivity index (χ4v) is 1.27. The molecule has 10 heteroatoms. The van der Waals surface area contributed by atoms with Crippen molar-refractivity contribution < 1.29 is 25.6 Å². The lowest BCUT2D eigenvalue weighted by molar-refractivity contribution is 0.460. The third-order valence-electron chi connectivity index (χ3n) is 1.76. The van der Waals surface area contributed by atoms with Crippen molar-refractivity contribution in [1.82, 2.24) is 0 Å². The summed E-state index contributed by atoms with van der Waals surface area (Å²) in [4.78, 5) is 0. The van der Waals surface area contributed by atoms with Crippen LogP contribution in [0, 0.1) is 22.8 Å². The molecule has 126 valence electrons. The number of nitriles is 2. The zero-order chi connectivity index (χ0) is 18.4. The van der Waals surface area contributed by atoms with Gasteiger partial charge in [0, 0.05) is 0 Å². The summed E-state index contributed by atoms with van der Waals surface area (Å²) in [6.45, 7) is 9.34. The maximum atomic E-state index is 10.6. The van der Waals surface area contributed by atoms with Crippen LogP contribution < -0.4 is 0 Å². The molecule has 1 unspecified atom stereocenters. The molecule has 0 bridgehead atoms. The SMILES string of the molecule is C=CC.CC=CC(C)(C#N)S(=O)(=O)O.CCS(=O)(=O)OC#N. The molecule has 0 amide bonds. The predicted molar refractivity (Wildman–Crippen MR) is 82.4 cm³/mol. The molecule has 0 aromatic heterocycles. The first-order valence-electron chi connectivity index (χ1n) is 5.80. The molecule has 0 saturated carbocycles. The summed E-state index contributed by atoms with van der Waals surface area (Å²) in [7, 11) is -7.86. The summed E-state index contributed by atoms with van der Waals surface area (Å²) in [5.74, 6) is -0.166. The highest BCUT2D eigenvalue weighted by atomic mass is 32.2. The van der Waals surface area contributed by atoms with Gasteiger partial charge in [0.05, 0.1) is 11.8 Å². The van der Waals surface area contributed by atoms with E-state index < -0.39 is 25.0 Å². The zero-order valence-corrected chi connectivity index (χ0v) is 14.5. The van der Waals surface area contributed by atoms with Gasteiger partial charge in [0.15, 0.2) is 4.75 Å². The Balaban J connectivity index is -0.000000288. The predicted octanol–water partition coefficient (Wildman–Crippen LogP) is 1.76. The fraction of sp³-hybridized carbons (Fsp3) is 0.500. The van der Waals surface area contributed by atoms with Crippen LogP contribution in [0.25, 0.3) is 0 Å². The molecule has 0 aliphatic heterocycles. The van der Waals surface area contributed by atoms with Crippen molar-refractivity contribution in [3.8, 4) is 12.3 Å². The molecule has 0 aliphatic carbocycles. The Morgan fingerprint density at radius 3 is 1.77 bits per heavy atom. The number of allylic oxidation sites excluding steroid dienone is 2. The van der Waals surface area contributed by atoms with Gasteiger partial charge < -0.3 is 4.18 Å². The monoisotopic (exact) mass is 352 g/mol. The minimum atomic E-state index is -4.32. The van der Waals surface area contributed by atoms with Gasteiger partial charge in [-0.25, -0.2) is 0 Å². The molecule has 0 saturated heterocycles. The molecular weight excluding hydrogens is 332 g/mol. The van der Waals surface area contributed by atoms with E-state index in [-0.39, 0.29) is 5.75 Å². The second-order valence-electron chi connectivity index (χ2n) is 3.62. The summed E-state index contributed by atoms with van der Waals surface area (Å²) in [5, 5.41) is 16.1. The van der Waals surface area contributed by atoms with Gasteiger partial charge in [0.25, 0.3) is 10.1 Å². The molecule has 0 aromatic rings. The van der Waals surface area contributed by atoms with Gasteiger partial charge in [-0.2, -0.15) is 22.1 Å². The van der Waals surface area contributed by atoms with Gasteiger partial charge in [-0.05, 0) is 27.7 Å². The largest absolute Gasteiger partial charge is 0.318 e. The van der Waals surface area contributed by atoms with Crippen LogP contribution in [0.4, 0.5) is 0 Å². The molecule has 0 fully saturated rings. The van der Waals surface area contributed by atoms with Crippen LogP contribution in [0.15, 0.2) is 24.8 Å². The van der Waals surface area contributed by atoms with Gasteiger partial charge in [0.2, 0.25) is 0 Å². The molecule has 1 atom stereocenters. The van der Waals surface area contributed by atoms with Crippen molar-refractivity contribution in [2.75, 3.05) is 5.75 Å². The van der Waals surface area contributed by atoms with Gasteiger partial charge >= 0.3 is 16.4 Å². The molecule has 22 heavy (non-hydrogen) atoms. The summed E-state index contributed by atoms with van der Waals surface area (Å²) in [5.41, 5.74) is 0. The minimum absolute atomic E-state index is 0.166. The molecular formula is C12H20N2O6S2. The lowest BCUT2D eigenvalue weighted by Gasteiger charge is -2.11. The Morgan fingerprint density at radius 2 is 1.68 bits per heavy atom. The van der Waals surface area contributed by atoms with E-state index in [2.05, 4.69) is 10.8 Å². The molecule has 0 radical (unpaired) electrons. The zero-order valence-electron chi connectivity index (χ0n) is 12.8. The highest BCUT2D eigenvalue weighted by molar-refractivity contribution is 7.87. The van der Waals surface area contributed by atoms with Crippen molar-refractivity contribution >= 4 is 20.2 Å². The van der Waals surface area contributed by atoms with Crippen LogP contribution in [0.5, 0.6) is 0 Å². The van der Waals surface area contributed by atoms with Gasteiger partial charge in [-0.15, -0.1) is 11.8 Å². The standard InChI is InChI=1S/C6H9NO3S.C3H5NO3S.C3H6/c1-3-4-6(2,5-7)11(8,9)10;1-2-8(5,6)7-3-4;1-3-2/h3-4H,1-2H3,(H,8,9,10);2H2,1H3;3H,1H2,2H3. The van der Waals surface area contributed by atoms with E-state index >= 15 is 0 Å². The molecule has 0 rings (SSSR count). The Hall–Kier alpha value is -1.88. The summed E-state index contributed by atoms with van der Waals surface area (Å²) < 4.78 is 51.8. The molecule has 1 N–H and O–H groups in total. The normalized spacial score (nSPS) is 13.0. The Morgan fingerprint density at radius 1 is 1.27 bits per heavy atom. The number of hydrogen-bond acceptors (Lipinski definition) is 7. The van der Waals surface area contributed by atoms with Gasteiger partial charge in [-0.1, -0.05) is 18.2 Å². The summed E-state index contributed by atoms with van der Waals surface area (Å²) in [6, 6.07) is 1.49. The van der Waals surface area contributed by atoms with E-state index in [1.54, 1.807) is 13.0 Å². The van der Waals surface area contributed by atoms with Crippen LogP contribution in [0.3, 0.4) is 0 Å². The Labute approximate surface area is 132 Å². The number of hydrogen-bond donors (Lipinski definition) is 1. The maximum absolute atomic E-state index is 10.6. The second-order valence-corrected chi connectivity index (χ2v) is 7.28. The average molecular weight is 352 g/mol. The lowest BCUT2D eigenvalue weighted by atomic mass is 10.2. The number of rotatable bonds is 4. The van der Waals surface area contributed by atoms with Crippen molar-refractivity contribution in [3.63, 3.8) is 0 Å². The van der Waals surface area contributed by atoms with E-state index in [4.69, 9.17) is 15.1 Å². The lowest BCUT2D eigenvalue weighted by Crippen LogP contribution is -2.30. The molecule has 0 spiro atoms. The molecule has 0 aromatic carbocycles. The summed E-state index contributed by atoms with van der Waals surface area (Å²) >= 11 is 0. The van der Waals surface area contributed by atoms with Crippen molar-refractivity contribution in [2.24, 2.45) is 0 Å². The molecule has 0 aliphatic rings. The third kappa shape index (κ3) is 11.9. The minimum Gasteiger partial charge on any atom is -0.302 e. The summed E-state index contributed by atoms with van der Waals surface area (Å²) in [6.07, 6.45) is 5.35. The van der Waals surface area contributed by atoms with E-state index in [1.165, 1.54) is 19.1 Å². The van der Waals surface area contributed by atoms with E-state index in [0.29, 0.717) is 0 Å². The van der Waals surface area contributed by atoms with E-state index in [0.717, 1.165) is 19.3 Å². The smallest absolute Gasteiger partial charge is 0.302 e. The van der Waals surface area contributed by atoms with Crippen LogP contribution in [-0.4, -0.2) is 31.9 Å². The van der Waals surface area contributed by atoms with E-state index in [9.17, 15) is 16.8 Å². The first kappa shape index (κ1) is 25.1. The average Bonchev–Trinajstić information content (AvgIpc) is 2.39. The fourth-order valence-electron chi connectivity index (χ4n) is 0.615. The number of nitrogens with zero attached hydrogens (tertiary/aromatic N) is 2. The van der Waals surface area contributed by atoms with Gasteiger partial charge in [-0.3, -0.25) is 4.55 Å². The highest BCUT2D eigenvalue weighted by Crippen LogP contribution is 2.15. The third-order valence-corrected chi connectivity index (χ3v) is 4.10. The topological polar surface area (TPSA) is 145 Å². The Bertz CT molecular complexity index is 638. The first-order chi connectivity index (χ1) is 9.91. The quantitative estimate of drug-likeness (QED) is 0.348. The second kappa shape index (κ2) is 11.7. The van der Waals surface area contributed by atoms with Crippen molar-refractivity contribution in [1.29, 1.82) is 10.5 Å². The van der Waals surface area contributed by atoms with Crippen LogP contribution in [0.1, 0.15) is 27.7 Å². The van der Waals surface area contributed by atoms with Crippen LogP contribution >= 0.6 is 0 Å². The first-order valence-corrected chi connectivity index (χ1v) is 8.82. The van der Waals surface area contributed by atoms with Crippen LogP contribution in [0.2, 0.25) is 0 Å². The highest BCUT2D eigenvalue weighted by Gasteiger charge is 2.35. The van der Waals surface area contributed by atoms with Crippen molar-refractivity contribution in [2.45, 2.75) is 32.4 Å². The maximum Gasteiger partial charge on any atom is 0.318 e. The van der Waals surface area contributed by atoms with Crippen LogP contribution in [-0.2, 0) is 24.4 Å².